The zero-order valence-corrected chi connectivity index (χ0v) is 9.57. The van der Waals surface area contributed by atoms with E-state index in [9.17, 15) is 8.78 Å². The van der Waals surface area contributed by atoms with Crippen molar-refractivity contribution in [2.45, 2.75) is 0 Å². The van der Waals surface area contributed by atoms with Gasteiger partial charge in [0.1, 0.15) is 23.1 Å². The van der Waals surface area contributed by atoms with Crippen LogP contribution >= 0.6 is 11.6 Å². The molecule has 3 aromatic rings. The van der Waals surface area contributed by atoms with E-state index >= 15 is 0 Å². The molecule has 1 aromatic carbocycles. The molecule has 0 aliphatic heterocycles. The maximum atomic E-state index is 13.7. The van der Waals surface area contributed by atoms with Gasteiger partial charge in [-0.25, -0.2) is 8.78 Å². The van der Waals surface area contributed by atoms with Crippen molar-refractivity contribution in [3.63, 3.8) is 0 Å². The van der Waals surface area contributed by atoms with E-state index in [-0.39, 0.29) is 16.5 Å². The van der Waals surface area contributed by atoms with Crippen LogP contribution in [0.25, 0.3) is 17.0 Å². The summed E-state index contributed by atoms with van der Waals surface area (Å²) in [5, 5.41) is 4.09. The van der Waals surface area contributed by atoms with Gasteiger partial charge in [0.15, 0.2) is 0 Å². The Morgan fingerprint density at radius 3 is 2.78 bits per heavy atom. The van der Waals surface area contributed by atoms with Crippen LogP contribution in [0, 0.1) is 11.6 Å². The first-order valence-electron chi connectivity index (χ1n) is 4.97. The summed E-state index contributed by atoms with van der Waals surface area (Å²) in [7, 11) is 0. The highest BCUT2D eigenvalue weighted by Gasteiger charge is 2.13. The third-order valence-electron chi connectivity index (χ3n) is 2.43. The van der Waals surface area contributed by atoms with Gasteiger partial charge in [-0.3, -0.25) is 0 Å². The molecule has 3 rings (SSSR count). The molecular formula is C11H5ClF2N4. The number of nitrogens with zero attached hydrogens (tertiary/aromatic N) is 4. The second-order valence-corrected chi connectivity index (χ2v) is 3.95. The Morgan fingerprint density at radius 1 is 1.17 bits per heavy atom. The fourth-order valence-corrected chi connectivity index (χ4v) is 1.85. The smallest absolute Gasteiger partial charge is 0.207 e. The Bertz CT molecular complexity index is 741. The van der Waals surface area contributed by atoms with Crippen molar-refractivity contribution in [2.24, 2.45) is 0 Å². The summed E-state index contributed by atoms with van der Waals surface area (Å²) in [6.45, 7) is 0. The molecule has 0 fully saturated rings. The van der Waals surface area contributed by atoms with Gasteiger partial charge in [0.25, 0.3) is 5.78 Å². The first-order valence-corrected chi connectivity index (χ1v) is 5.34. The molecule has 0 saturated carbocycles. The predicted octanol–water partition coefficient (Wildman–Crippen LogP) is 2.72. The highest BCUT2D eigenvalue weighted by Crippen LogP contribution is 2.25. The molecule has 0 amide bonds. The highest BCUT2D eigenvalue weighted by atomic mass is 35.5. The summed E-state index contributed by atoms with van der Waals surface area (Å²) in [5.74, 6) is -1.10. The van der Waals surface area contributed by atoms with Gasteiger partial charge in [-0.15, -0.1) is 0 Å². The van der Waals surface area contributed by atoms with Crippen molar-refractivity contribution >= 4 is 17.4 Å². The van der Waals surface area contributed by atoms with Gasteiger partial charge in [-0.05, 0) is 12.1 Å². The molecule has 4 nitrogen and oxygen atoms in total. The zero-order chi connectivity index (χ0) is 12.7. The Morgan fingerprint density at radius 2 is 2.00 bits per heavy atom. The Labute approximate surface area is 105 Å². The predicted molar refractivity (Wildman–Crippen MR) is 61.1 cm³/mol. The number of hydrogen-bond acceptors (Lipinski definition) is 3. The molecule has 0 aliphatic carbocycles. The standard InChI is InChI=1S/C11H5ClF2N4/c12-10-4-9(18-11(17-10)15-5-16-18)7-2-1-6(13)3-8(7)14/h1-5H. The number of aromatic nitrogens is 4. The van der Waals surface area contributed by atoms with E-state index < -0.39 is 11.6 Å². The molecule has 0 aliphatic rings. The highest BCUT2D eigenvalue weighted by molar-refractivity contribution is 6.29. The van der Waals surface area contributed by atoms with Gasteiger partial charge in [-0.2, -0.15) is 19.6 Å². The quantitative estimate of drug-likeness (QED) is 0.636. The molecule has 0 N–H and O–H groups in total. The summed E-state index contributed by atoms with van der Waals surface area (Å²) in [4.78, 5) is 7.80. The summed E-state index contributed by atoms with van der Waals surface area (Å²) >= 11 is 5.83. The van der Waals surface area contributed by atoms with Gasteiger partial charge in [0.2, 0.25) is 0 Å². The number of fused-ring (bicyclic) bond motifs is 1. The van der Waals surface area contributed by atoms with Gasteiger partial charge in [0, 0.05) is 17.7 Å². The van der Waals surface area contributed by atoms with E-state index in [1.165, 1.54) is 23.0 Å². The molecule has 90 valence electrons. The summed E-state index contributed by atoms with van der Waals surface area (Å²) in [6, 6.07) is 4.72. The largest absolute Gasteiger partial charge is 0.254 e. The number of hydrogen-bond donors (Lipinski definition) is 0. The van der Waals surface area contributed by atoms with E-state index in [0.717, 1.165) is 12.1 Å². The van der Waals surface area contributed by atoms with Crippen molar-refractivity contribution in [2.75, 3.05) is 0 Å². The Hall–Kier alpha value is -2.08. The third kappa shape index (κ3) is 1.70. The molecule has 0 saturated heterocycles. The fourth-order valence-electron chi connectivity index (χ4n) is 1.67. The van der Waals surface area contributed by atoms with Crippen LogP contribution in [0.4, 0.5) is 8.78 Å². The normalized spacial score (nSPS) is 11.1. The van der Waals surface area contributed by atoms with Crippen LogP contribution in [0.15, 0.2) is 30.6 Å². The first-order chi connectivity index (χ1) is 8.65. The van der Waals surface area contributed by atoms with Gasteiger partial charge < -0.3 is 0 Å². The molecule has 7 heteroatoms. The van der Waals surface area contributed by atoms with Crippen LogP contribution in [0.3, 0.4) is 0 Å². The lowest BCUT2D eigenvalue weighted by Crippen LogP contribution is -1.99. The molecule has 0 unspecified atom stereocenters. The average Bonchev–Trinajstić information content (AvgIpc) is 2.76. The number of benzene rings is 1. The molecule has 0 radical (unpaired) electrons. The molecule has 0 atom stereocenters. The zero-order valence-electron chi connectivity index (χ0n) is 8.81. The van der Waals surface area contributed by atoms with Gasteiger partial charge in [0.05, 0.1) is 5.69 Å². The lowest BCUT2D eigenvalue weighted by Gasteiger charge is -2.05. The monoisotopic (exact) mass is 266 g/mol. The average molecular weight is 267 g/mol. The van der Waals surface area contributed by atoms with Gasteiger partial charge in [-0.1, -0.05) is 11.6 Å². The van der Waals surface area contributed by atoms with E-state index in [4.69, 9.17) is 11.6 Å². The molecule has 0 bridgehead atoms. The van der Waals surface area contributed by atoms with E-state index in [1.807, 2.05) is 0 Å². The van der Waals surface area contributed by atoms with Crippen LogP contribution < -0.4 is 0 Å². The SMILES string of the molecule is Fc1ccc(-c2cc(Cl)nc3ncnn23)c(F)c1. The lowest BCUT2D eigenvalue weighted by molar-refractivity contribution is 0.585. The van der Waals surface area contributed by atoms with E-state index in [2.05, 4.69) is 15.1 Å². The van der Waals surface area contributed by atoms with Crippen molar-refractivity contribution in [3.8, 4) is 11.3 Å². The van der Waals surface area contributed by atoms with Crippen molar-refractivity contribution in [1.82, 2.24) is 19.6 Å². The minimum Gasteiger partial charge on any atom is -0.207 e. The molecule has 2 aromatic heterocycles. The van der Waals surface area contributed by atoms with Gasteiger partial charge >= 0.3 is 0 Å². The molecule has 0 spiro atoms. The van der Waals surface area contributed by atoms with Crippen LogP contribution in [0.2, 0.25) is 5.15 Å². The summed E-state index contributed by atoms with van der Waals surface area (Å²) < 4.78 is 28.0. The minimum absolute atomic E-state index is 0.161. The second-order valence-electron chi connectivity index (χ2n) is 3.56. The van der Waals surface area contributed by atoms with Crippen molar-refractivity contribution in [3.05, 3.63) is 47.4 Å². The van der Waals surface area contributed by atoms with Crippen LogP contribution in [0.1, 0.15) is 0 Å². The maximum Gasteiger partial charge on any atom is 0.254 e. The topological polar surface area (TPSA) is 43.1 Å². The van der Waals surface area contributed by atoms with Crippen LogP contribution in [0.5, 0.6) is 0 Å². The molecular weight excluding hydrogens is 262 g/mol. The Balaban J connectivity index is 2.33. The number of halogens is 3. The maximum absolute atomic E-state index is 13.7. The first kappa shape index (κ1) is 11.0. The third-order valence-corrected chi connectivity index (χ3v) is 2.62. The molecule has 2 heterocycles. The van der Waals surface area contributed by atoms with E-state index in [0.29, 0.717) is 5.69 Å². The fraction of sp³-hybridized carbons (Fsp3) is 0. The van der Waals surface area contributed by atoms with Crippen LogP contribution in [-0.4, -0.2) is 19.6 Å². The van der Waals surface area contributed by atoms with E-state index in [1.54, 1.807) is 0 Å². The van der Waals surface area contributed by atoms with Crippen molar-refractivity contribution in [1.29, 1.82) is 0 Å². The number of rotatable bonds is 1. The summed E-state index contributed by atoms with van der Waals surface area (Å²) in [5.41, 5.74) is 0.538. The Kier molecular flexibility index (Phi) is 2.45. The minimum atomic E-state index is -0.700. The van der Waals surface area contributed by atoms with Crippen molar-refractivity contribution < 1.29 is 8.78 Å². The second kappa shape index (κ2) is 3.99. The lowest BCUT2D eigenvalue weighted by atomic mass is 10.1. The molecule has 18 heavy (non-hydrogen) atoms. The summed E-state index contributed by atoms with van der Waals surface area (Å²) in [6.07, 6.45) is 1.28. The van der Waals surface area contributed by atoms with Crippen LogP contribution in [-0.2, 0) is 0 Å².